The molecule has 2 aromatic heterocycles. The maximum atomic E-state index is 11.9. The highest BCUT2D eigenvalue weighted by Crippen LogP contribution is 2.22. The highest BCUT2D eigenvalue weighted by Gasteiger charge is 2.14. The van der Waals surface area contributed by atoms with Crippen LogP contribution in [0.3, 0.4) is 0 Å². The van der Waals surface area contributed by atoms with Crippen LogP contribution in [0.5, 0.6) is 0 Å². The first-order chi connectivity index (χ1) is 11.2. The van der Waals surface area contributed by atoms with Gasteiger partial charge in [-0.25, -0.2) is 0 Å². The third-order valence-electron chi connectivity index (χ3n) is 3.20. The van der Waals surface area contributed by atoms with Crippen LogP contribution < -0.4 is 5.32 Å². The molecule has 7 nitrogen and oxygen atoms in total. The predicted molar refractivity (Wildman–Crippen MR) is 83.1 cm³/mol. The van der Waals surface area contributed by atoms with Crippen molar-refractivity contribution in [2.24, 2.45) is 7.05 Å². The van der Waals surface area contributed by atoms with Gasteiger partial charge in [-0.3, -0.25) is 9.48 Å². The zero-order valence-corrected chi connectivity index (χ0v) is 12.4. The molecule has 0 atom stereocenters. The minimum absolute atomic E-state index is 0.176. The molecular formula is C16H13N5O2. The number of aromatic nitrogens is 4. The van der Waals surface area contributed by atoms with Gasteiger partial charge in [0.25, 0.3) is 11.8 Å². The summed E-state index contributed by atoms with van der Waals surface area (Å²) in [5.74, 6) is 2.87. The zero-order chi connectivity index (χ0) is 16.2. The molecular weight excluding hydrogens is 294 g/mol. The van der Waals surface area contributed by atoms with E-state index in [1.54, 1.807) is 48.3 Å². The van der Waals surface area contributed by atoms with Crippen molar-refractivity contribution in [3.8, 4) is 35.3 Å². The molecule has 0 fully saturated rings. The molecule has 1 aromatic carbocycles. The van der Waals surface area contributed by atoms with Gasteiger partial charge in [-0.05, 0) is 18.2 Å². The summed E-state index contributed by atoms with van der Waals surface area (Å²) < 4.78 is 6.90. The van der Waals surface area contributed by atoms with Crippen molar-refractivity contribution in [3.63, 3.8) is 0 Å². The molecule has 0 unspecified atom stereocenters. The molecule has 0 radical (unpaired) electrons. The lowest BCUT2D eigenvalue weighted by molar-refractivity contribution is 0.0958. The Morgan fingerprint density at radius 2 is 2.30 bits per heavy atom. The Kier molecular flexibility index (Phi) is 3.89. The van der Waals surface area contributed by atoms with Gasteiger partial charge in [-0.2, -0.15) is 10.1 Å². The smallest absolute Gasteiger partial charge is 0.276 e. The van der Waals surface area contributed by atoms with Gasteiger partial charge in [0.1, 0.15) is 5.69 Å². The van der Waals surface area contributed by atoms with E-state index < -0.39 is 0 Å². The lowest BCUT2D eigenvalue weighted by Crippen LogP contribution is -2.23. The van der Waals surface area contributed by atoms with Gasteiger partial charge in [0.2, 0.25) is 5.82 Å². The van der Waals surface area contributed by atoms with E-state index in [4.69, 9.17) is 10.9 Å². The zero-order valence-electron chi connectivity index (χ0n) is 12.4. The molecule has 23 heavy (non-hydrogen) atoms. The summed E-state index contributed by atoms with van der Waals surface area (Å²) in [6, 6.07) is 8.71. The molecule has 0 saturated heterocycles. The Morgan fingerprint density at radius 3 is 3.04 bits per heavy atom. The van der Waals surface area contributed by atoms with E-state index >= 15 is 0 Å². The molecule has 0 bridgehead atoms. The normalized spacial score (nSPS) is 10.3. The first kappa shape index (κ1) is 14.5. The van der Waals surface area contributed by atoms with Crippen LogP contribution in [0.4, 0.5) is 0 Å². The molecule has 3 rings (SSSR count). The summed E-state index contributed by atoms with van der Waals surface area (Å²) in [6.07, 6.45) is 6.78. The van der Waals surface area contributed by atoms with Crippen LogP contribution in [0.1, 0.15) is 10.4 Å². The van der Waals surface area contributed by atoms with E-state index in [1.165, 1.54) is 0 Å². The van der Waals surface area contributed by atoms with Crippen LogP contribution in [-0.4, -0.2) is 32.4 Å². The highest BCUT2D eigenvalue weighted by molar-refractivity contribution is 5.95. The molecule has 7 heteroatoms. The van der Waals surface area contributed by atoms with E-state index in [0.717, 1.165) is 0 Å². The molecule has 2 heterocycles. The van der Waals surface area contributed by atoms with E-state index in [9.17, 15) is 4.79 Å². The fourth-order valence-electron chi connectivity index (χ4n) is 2.06. The van der Waals surface area contributed by atoms with Crippen LogP contribution in [0.2, 0.25) is 0 Å². The van der Waals surface area contributed by atoms with Crippen molar-refractivity contribution in [2.75, 3.05) is 6.54 Å². The number of aryl methyl sites for hydroxylation is 1. The van der Waals surface area contributed by atoms with E-state index in [0.29, 0.717) is 28.5 Å². The number of nitrogens with zero attached hydrogens (tertiary/aromatic N) is 4. The quantitative estimate of drug-likeness (QED) is 0.738. The van der Waals surface area contributed by atoms with Crippen molar-refractivity contribution in [1.82, 2.24) is 25.2 Å². The van der Waals surface area contributed by atoms with Gasteiger partial charge in [-0.15, -0.1) is 6.42 Å². The Labute approximate surface area is 132 Å². The highest BCUT2D eigenvalue weighted by atomic mass is 16.5. The summed E-state index contributed by atoms with van der Waals surface area (Å²) in [6.45, 7) is 0.176. The fourth-order valence-corrected chi connectivity index (χ4v) is 2.06. The first-order valence-corrected chi connectivity index (χ1v) is 6.83. The number of rotatable bonds is 4. The average Bonchev–Trinajstić information content (AvgIpc) is 3.21. The number of amides is 1. The lowest BCUT2D eigenvalue weighted by atomic mass is 10.1. The summed E-state index contributed by atoms with van der Waals surface area (Å²) >= 11 is 0. The number of nitrogens with one attached hydrogen (secondary N) is 1. The van der Waals surface area contributed by atoms with Gasteiger partial charge in [0, 0.05) is 24.4 Å². The Hall–Kier alpha value is -3.40. The molecule has 0 saturated carbocycles. The van der Waals surface area contributed by atoms with Crippen molar-refractivity contribution in [2.45, 2.75) is 0 Å². The molecule has 0 spiro atoms. The van der Waals surface area contributed by atoms with Gasteiger partial charge in [0.15, 0.2) is 0 Å². The summed E-state index contributed by atoms with van der Waals surface area (Å²) in [4.78, 5) is 16.3. The second-order valence-electron chi connectivity index (χ2n) is 4.73. The monoisotopic (exact) mass is 307 g/mol. The molecule has 3 aromatic rings. The maximum Gasteiger partial charge on any atom is 0.276 e. The summed E-state index contributed by atoms with van der Waals surface area (Å²) in [5, 5.41) is 10.6. The Bertz CT molecular complexity index is 888. The largest absolute Gasteiger partial charge is 0.341 e. The minimum Gasteiger partial charge on any atom is -0.341 e. The van der Waals surface area contributed by atoms with E-state index in [2.05, 4.69) is 26.5 Å². The fraction of sp³-hybridized carbons (Fsp3) is 0.125. The van der Waals surface area contributed by atoms with Crippen LogP contribution in [-0.2, 0) is 7.05 Å². The van der Waals surface area contributed by atoms with Crippen LogP contribution in [0.15, 0.2) is 41.1 Å². The molecule has 1 N–H and O–H groups in total. The number of benzene rings is 1. The second-order valence-corrected chi connectivity index (χ2v) is 4.73. The van der Waals surface area contributed by atoms with Crippen molar-refractivity contribution < 1.29 is 9.32 Å². The van der Waals surface area contributed by atoms with Gasteiger partial charge >= 0.3 is 0 Å². The molecule has 114 valence electrons. The summed E-state index contributed by atoms with van der Waals surface area (Å²) in [5.41, 5.74) is 1.87. The number of hydrogen-bond acceptors (Lipinski definition) is 5. The number of terminal acetylenes is 1. The second kappa shape index (κ2) is 6.15. The van der Waals surface area contributed by atoms with Crippen LogP contribution >= 0.6 is 0 Å². The molecule has 0 aliphatic rings. The molecule has 1 amide bonds. The molecule has 0 aliphatic carbocycles. The number of carbonyl (C=O) groups is 1. The number of carbonyl (C=O) groups excluding carboxylic acids is 1. The Morgan fingerprint density at radius 1 is 1.43 bits per heavy atom. The van der Waals surface area contributed by atoms with Gasteiger partial charge < -0.3 is 9.84 Å². The third-order valence-corrected chi connectivity index (χ3v) is 3.20. The SMILES string of the molecule is C#CCNC(=O)c1cccc(-c2noc(-c3ccnn3C)n2)c1. The van der Waals surface area contributed by atoms with Crippen LogP contribution in [0, 0.1) is 12.3 Å². The van der Waals surface area contributed by atoms with E-state index in [-0.39, 0.29) is 12.5 Å². The van der Waals surface area contributed by atoms with Crippen molar-refractivity contribution >= 4 is 5.91 Å². The van der Waals surface area contributed by atoms with Gasteiger partial charge in [0.05, 0.1) is 6.54 Å². The van der Waals surface area contributed by atoms with Crippen molar-refractivity contribution in [3.05, 3.63) is 42.1 Å². The Balaban J connectivity index is 1.88. The first-order valence-electron chi connectivity index (χ1n) is 6.83. The topological polar surface area (TPSA) is 85.8 Å². The molecule has 0 aliphatic heterocycles. The van der Waals surface area contributed by atoms with Crippen molar-refractivity contribution in [1.29, 1.82) is 0 Å². The average molecular weight is 307 g/mol. The number of hydrogen-bond donors (Lipinski definition) is 1. The third kappa shape index (κ3) is 2.96. The minimum atomic E-state index is -0.250. The van der Waals surface area contributed by atoms with E-state index in [1.807, 2.05) is 0 Å². The van der Waals surface area contributed by atoms with Crippen LogP contribution in [0.25, 0.3) is 23.0 Å². The predicted octanol–water partition coefficient (Wildman–Crippen LogP) is 1.50. The lowest BCUT2D eigenvalue weighted by Gasteiger charge is -2.02. The maximum absolute atomic E-state index is 11.9. The summed E-state index contributed by atoms with van der Waals surface area (Å²) in [7, 11) is 1.79. The standard InChI is InChI=1S/C16H13N5O2/c1-3-8-17-15(22)12-6-4-5-11(10-12)14-19-16(23-20-14)13-7-9-18-21(13)2/h1,4-7,9-10H,8H2,2H3,(H,17,22). The van der Waals surface area contributed by atoms with Gasteiger partial charge in [-0.1, -0.05) is 23.2 Å².